The number of allylic oxidation sites excluding steroid dienone is 12. The number of fused-ring (bicyclic) bond motifs is 2. The van der Waals surface area contributed by atoms with Crippen LogP contribution in [0.4, 0.5) is 0 Å². The average Bonchev–Trinajstić information content (AvgIpc) is 3.21. The predicted molar refractivity (Wildman–Crippen MR) is 237 cm³/mol. The number of carboxylic acid groups (broad SMARTS) is 1. The Labute approximate surface area is 381 Å². The SMILES string of the molecule is C[C@@H]1[C@H](O)[C@@H](C)\C=C/C=C/C=C/C=C/C=C/C=C/C=C/[C@H](O[C@@H]2O[C@H](C)[C@@H](O)[C@H](N)[C@@H]2O)CC2O[C@](O)(CC(O)C(O)CCC(O)CC(O)CC(O)CC(=O)O[C@H]1C)CC(O)C2C(=O)O. The molecule has 18 heteroatoms. The predicted octanol–water partition coefficient (Wildman–Crippen LogP) is 0.712. The molecular formula is C47H73NO17. The lowest BCUT2D eigenvalue weighted by Crippen LogP contribution is -2.61. The monoisotopic (exact) mass is 923 g/mol. The van der Waals surface area contributed by atoms with Gasteiger partial charge in [0.05, 0.1) is 79.6 Å². The highest BCUT2D eigenvalue weighted by molar-refractivity contribution is 5.71. The number of rotatable bonds is 3. The van der Waals surface area contributed by atoms with Gasteiger partial charge in [0, 0.05) is 31.1 Å². The van der Waals surface area contributed by atoms with E-state index in [2.05, 4.69) is 0 Å². The quantitative estimate of drug-likeness (QED) is 0.174. The molecular weight excluding hydrogens is 851 g/mol. The number of aliphatic carboxylic acids is 1. The highest BCUT2D eigenvalue weighted by Gasteiger charge is 2.51. The molecule has 0 aromatic rings. The number of nitrogens with two attached hydrogens (primary N) is 1. The second-order valence-electron chi connectivity index (χ2n) is 17.6. The molecule has 3 rings (SSSR count). The Morgan fingerprint density at radius 1 is 0.662 bits per heavy atom. The molecule has 13 N–H and O–H groups in total. The Morgan fingerprint density at radius 2 is 1.20 bits per heavy atom. The first-order chi connectivity index (χ1) is 30.6. The van der Waals surface area contributed by atoms with Gasteiger partial charge < -0.3 is 80.9 Å². The van der Waals surface area contributed by atoms with Crippen molar-refractivity contribution in [3.05, 3.63) is 85.1 Å². The second kappa shape index (κ2) is 27.4. The van der Waals surface area contributed by atoms with Crippen LogP contribution in [-0.2, 0) is 28.5 Å². The maximum atomic E-state index is 12.6. The van der Waals surface area contributed by atoms with Crippen LogP contribution in [-0.4, -0.2) is 166 Å². The van der Waals surface area contributed by atoms with E-state index in [9.17, 15) is 65.8 Å². The maximum Gasteiger partial charge on any atom is 0.311 e. The van der Waals surface area contributed by atoms with Gasteiger partial charge in [0.25, 0.3) is 0 Å². The molecule has 2 fully saturated rings. The molecule has 0 radical (unpaired) electrons. The summed E-state index contributed by atoms with van der Waals surface area (Å²) in [6.45, 7) is 6.74. The minimum atomic E-state index is -2.36. The Morgan fingerprint density at radius 3 is 1.78 bits per heavy atom. The van der Waals surface area contributed by atoms with Gasteiger partial charge in [0.1, 0.15) is 18.1 Å². The van der Waals surface area contributed by atoms with E-state index in [0.717, 1.165) is 0 Å². The maximum absolute atomic E-state index is 12.6. The third-order valence-electron chi connectivity index (χ3n) is 12.0. The van der Waals surface area contributed by atoms with Crippen LogP contribution in [0.25, 0.3) is 0 Å². The fraction of sp³-hybridized carbons (Fsp3) is 0.660. The Balaban J connectivity index is 1.86. The zero-order valence-corrected chi connectivity index (χ0v) is 37.6. The van der Waals surface area contributed by atoms with Crippen LogP contribution in [0.1, 0.15) is 79.1 Å². The Kier molecular flexibility index (Phi) is 23.6. The highest BCUT2D eigenvalue weighted by atomic mass is 16.7. The van der Waals surface area contributed by atoms with Gasteiger partial charge in [-0.1, -0.05) is 98.9 Å². The summed E-state index contributed by atoms with van der Waals surface area (Å²) in [7, 11) is 0. The lowest BCUT2D eigenvalue weighted by Gasteiger charge is -2.45. The molecule has 2 saturated heterocycles. The van der Waals surface area contributed by atoms with Crippen molar-refractivity contribution in [2.75, 3.05) is 0 Å². The van der Waals surface area contributed by atoms with E-state index < -0.39 is 141 Å². The van der Waals surface area contributed by atoms with E-state index in [1.807, 2.05) is 13.0 Å². The molecule has 8 unspecified atom stereocenters. The smallest absolute Gasteiger partial charge is 0.311 e. The number of hydrogen-bond donors (Lipinski definition) is 12. The second-order valence-corrected chi connectivity index (χ2v) is 17.6. The molecule has 3 heterocycles. The minimum Gasteiger partial charge on any atom is -0.481 e. The van der Waals surface area contributed by atoms with Crippen LogP contribution in [0, 0.1) is 17.8 Å². The number of carbonyl (C=O) groups is 2. The van der Waals surface area contributed by atoms with Gasteiger partial charge in [-0.3, -0.25) is 9.59 Å². The molecule has 0 spiro atoms. The number of cyclic esters (lactones) is 1. The van der Waals surface area contributed by atoms with E-state index >= 15 is 0 Å². The summed E-state index contributed by atoms with van der Waals surface area (Å²) in [6, 6.07) is -1.15. The van der Waals surface area contributed by atoms with E-state index in [1.165, 1.54) is 13.0 Å². The fourth-order valence-electron chi connectivity index (χ4n) is 7.96. The van der Waals surface area contributed by atoms with Crippen molar-refractivity contribution in [2.45, 2.75) is 177 Å². The first kappa shape index (κ1) is 55.9. The van der Waals surface area contributed by atoms with Crippen molar-refractivity contribution in [1.29, 1.82) is 0 Å². The third kappa shape index (κ3) is 18.6. The summed E-state index contributed by atoms with van der Waals surface area (Å²) < 4.78 is 23.1. The average molecular weight is 924 g/mol. The van der Waals surface area contributed by atoms with Crippen molar-refractivity contribution >= 4 is 11.9 Å². The first-order valence-electron chi connectivity index (χ1n) is 22.3. The van der Waals surface area contributed by atoms with Crippen LogP contribution < -0.4 is 5.73 Å². The summed E-state index contributed by atoms with van der Waals surface area (Å²) in [5.74, 6) is -6.88. The van der Waals surface area contributed by atoms with Gasteiger partial charge in [-0.05, 0) is 39.5 Å². The van der Waals surface area contributed by atoms with Crippen LogP contribution in [0.15, 0.2) is 85.1 Å². The summed E-state index contributed by atoms with van der Waals surface area (Å²) in [5.41, 5.74) is 6.02. The molecule has 0 aromatic heterocycles. The molecule has 368 valence electrons. The number of ether oxygens (including phenoxy) is 4. The van der Waals surface area contributed by atoms with E-state index in [1.54, 1.807) is 86.8 Å². The molecule has 18 nitrogen and oxygen atoms in total. The zero-order valence-electron chi connectivity index (χ0n) is 37.6. The van der Waals surface area contributed by atoms with Crippen molar-refractivity contribution in [2.24, 2.45) is 23.5 Å². The van der Waals surface area contributed by atoms with Crippen molar-refractivity contribution in [3.8, 4) is 0 Å². The van der Waals surface area contributed by atoms with Gasteiger partial charge in [-0.2, -0.15) is 0 Å². The fourth-order valence-corrected chi connectivity index (χ4v) is 7.96. The molecule has 2 bridgehead atoms. The van der Waals surface area contributed by atoms with Crippen LogP contribution >= 0.6 is 0 Å². The van der Waals surface area contributed by atoms with Gasteiger partial charge in [0.2, 0.25) is 0 Å². The molecule has 0 aliphatic carbocycles. The number of esters is 1. The van der Waals surface area contributed by atoms with E-state index in [-0.39, 0.29) is 38.0 Å². The van der Waals surface area contributed by atoms with E-state index in [0.29, 0.717) is 0 Å². The molecule has 0 aromatic carbocycles. The summed E-state index contributed by atoms with van der Waals surface area (Å²) >= 11 is 0. The topological polar surface area (TPSA) is 320 Å². The Bertz CT molecular complexity index is 1670. The zero-order chi connectivity index (χ0) is 48.4. The molecule has 3 aliphatic rings. The lowest BCUT2D eigenvalue weighted by molar-refractivity contribution is -0.310. The first-order valence-corrected chi connectivity index (χ1v) is 22.3. The minimum absolute atomic E-state index is 0.140. The van der Waals surface area contributed by atoms with Crippen LogP contribution in [0.2, 0.25) is 0 Å². The molecule has 0 saturated carbocycles. The standard InChI is InChI=1S/C47H73NO17/c1-27-17-15-13-11-9-7-5-6-8-10-12-14-16-18-34(64-46-44(58)41(48)43(57)30(4)63-46)24-38-40(45(59)60)37(54)26-47(61,65-38)25-36(53)35(52)20-19-31(49)21-32(50)22-33(51)23-39(55)62-29(3)28(2)42(27)56/h5-18,27-38,40-44,46,49-54,56-58,61H,19-26,48H2,1-4H3,(H,59,60)/b6-5+,9-7+,10-8+,13-11+,14-12+,17-15-,18-16+/t27-,28-,29-,30+,31?,32?,33?,34-,35?,36?,37?,38?,40?,41-,42+,43+,44-,46-,47+/m0/s1. The molecule has 19 atom stereocenters. The molecule has 3 aliphatic heterocycles. The normalized spacial score (nSPS) is 45.5. The number of carbonyl (C=O) groups excluding carboxylic acids is 1. The van der Waals surface area contributed by atoms with Gasteiger partial charge in [-0.15, -0.1) is 0 Å². The van der Waals surface area contributed by atoms with Crippen molar-refractivity contribution in [3.63, 3.8) is 0 Å². The third-order valence-corrected chi connectivity index (χ3v) is 12.0. The highest BCUT2D eigenvalue weighted by Crippen LogP contribution is 2.38. The van der Waals surface area contributed by atoms with Crippen molar-refractivity contribution in [1.82, 2.24) is 0 Å². The van der Waals surface area contributed by atoms with Crippen LogP contribution in [0.5, 0.6) is 0 Å². The lowest BCUT2D eigenvalue weighted by atomic mass is 9.82. The number of aliphatic hydroxyl groups is 10. The summed E-state index contributed by atoms with van der Waals surface area (Å²) in [5, 5.41) is 118. The van der Waals surface area contributed by atoms with Gasteiger partial charge in [-0.25, -0.2) is 0 Å². The number of carboxylic acids is 1. The molecule has 65 heavy (non-hydrogen) atoms. The number of hydrogen-bond acceptors (Lipinski definition) is 17. The Hall–Kier alpha value is -3.44. The molecule has 0 amide bonds. The van der Waals surface area contributed by atoms with Gasteiger partial charge >= 0.3 is 11.9 Å². The van der Waals surface area contributed by atoms with E-state index in [4.69, 9.17) is 24.7 Å². The van der Waals surface area contributed by atoms with Gasteiger partial charge in [0.15, 0.2) is 12.1 Å². The largest absolute Gasteiger partial charge is 0.481 e. The van der Waals surface area contributed by atoms with Crippen LogP contribution in [0.3, 0.4) is 0 Å². The summed E-state index contributed by atoms with van der Waals surface area (Å²) in [6.07, 6.45) is 3.49. The van der Waals surface area contributed by atoms with Crippen molar-refractivity contribution < 1.29 is 84.7 Å². The number of aliphatic hydroxyl groups excluding tert-OH is 9. The summed E-state index contributed by atoms with van der Waals surface area (Å²) in [4.78, 5) is 25.1.